The Balaban J connectivity index is 2.18. The molecule has 0 radical (unpaired) electrons. The molecule has 1 saturated heterocycles. The van der Waals surface area contributed by atoms with Crippen molar-refractivity contribution in [3.63, 3.8) is 0 Å². The second-order valence-corrected chi connectivity index (χ2v) is 6.71. The van der Waals surface area contributed by atoms with Crippen LogP contribution in [0.3, 0.4) is 0 Å². The van der Waals surface area contributed by atoms with Gasteiger partial charge in [0.25, 0.3) is 0 Å². The predicted octanol–water partition coefficient (Wildman–Crippen LogP) is 2.52. The van der Waals surface area contributed by atoms with Gasteiger partial charge in [-0.05, 0) is 37.3 Å². The van der Waals surface area contributed by atoms with Gasteiger partial charge >= 0.3 is 0 Å². The highest BCUT2D eigenvalue weighted by Crippen LogP contribution is 2.38. The number of hydrogen-bond acceptors (Lipinski definition) is 4. The van der Waals surface area contributed by atoms with Gasteiger partial charge in [-0.15, -0.1) is 0 Å². The van der Waals surface area contributed by atoms with E-state index in [4.69, 9.17) is 5.73 Å². The van der Waals surface area contributed by atoms with Crippen molar-refractivity contribution in [1.29, 1.82) is 0 Å². The van der Waals surface area contributed by atoms with Gasteiger partial charge in [0, 0.05) is 30.1 Å². The lowest BCUT2D eigenvalue weighted by Crippen LogP contribution is -2.60. The summed E-state index contributed by atoms with van der Waals surface area (Å²) in [5, 5.41) is 0.593. The molecular formula is C15H25N3S. The van der Waals surface area contributed by atoms with Crippen LogP contribution in [0, 0.1) is 0 Å². The molecular weight excluding hydrogens is 254 g/mol. The summed E-state index contributed by atoms with van der Waals surface area (Å²) >= 11 is 2.06. The molecule has 0 saturated carbocycles. The van der Waals surface area contributed by atoms with E-state index in [1.54, 1.807) is 0 Å². The fraction of sp³-hybridized carbons (Fsp3) is 0.667. The molecule has 2 N–H and O–H groups in total. The molecule has 2 heterocycles. The maximum absolute atomic E-state index is 6.18. The number of nitrogens with zero attached hydrogens (tertiary/aromatic N) is 2. The number of pyridine rings is 1. The van der Waals surface area contributed by atoms with Crippen LogP contribution in [-0.4, -0.2) is 39.5 Å². The summed E-state index contributed by atoms with van der Waals surface area (Å²) in [5.41, 5.74) is 7.46. The van der Waals surface area contributed by atoms with Crippen LogP contribution < -0.4 is 5.73 Å². The first-order valence-corrected chi connectivity index (χ1v) is 8.24. The van der Waals surface area contributed by atoms with E-state index in [2.05, 4.69) is 47.6 Å². The van der Waals surface area contributed by atoms with Gasteiger partial charge in [0.2, 0.25) is 0 Å². The predicted molar refractivity (Wildman–Crippen MR) is 83.3 cm³/mol. The summed E-state index contributed by atoms with van der Waals surface area (Å²) in [4.78, 5) is 7.00. The van der Waals surface area contributed by atoms with E-state index >= 15 is 0 Å². The second kappa shape index (κ2) is 6.73. The van der Waals surface area contributed by atoms with Crippen molar-refractivity contribution in [2.75, 3.05) is 18.8 Å². The number of likely N-dealkylation sites (N-methyl/N-ethyl adjacent to an activating group) is 1. The van der Waals surface area contributed by atoms with Crippen LogP contribution in [0.2, 0.25) is 0 Å². The number of hydrogen-bond donors (Lipinski definition) is 1. The maximum Gasteiger partial charge on any atom is 0.0544 e. The molecule has 2 atom stereocenters. The monoisotopic (exact) mass is 279 g/mol. The third kappa shape index (κ3) is 3.12. The van der Waals surface area contributed by atoms with E-state index in [0.717, 1.165) is 25.3 Å². The molecule has 1 aliphatic rings. The van der Waals surface area contributed by atoms with Crippen molar-refractivity contribution in [3.05, 3.63) is 30.1 Å². The fourth-order valence-electron chi connectivity index (χ4n) is 3.08. The van der Waals surface area contributed by atoms with Crippen molar-refractivity contribution >= 4 is 11.8 Å². The van der Waals surface area contributed by atoms with Crippen molar-refractivity contribution in [3.8, 4) is 0 Å². The Bertz CT molecular complexity index is 384. The molecule has 0 spiro atoms. The van der Waals surface area contributed by atoms with Crippen LogP contribution in [0.5, 0.6) is 0 Å². The van der Waals surface area contributed by atoms with Crippen LogP contribution in [-0.2, 0) is 6.54 Å². The van der Waals surface area contributed by atoms with Crippen LogP contribution in [0.15, 0.2) is 24.4 Å². The van der Waals surface area contributed by atoms with Crippen molar-refractivity contribution in [2.24, 2.45) is 5.73 Å². The molecule has 2 unspecified atom stereocenters. The van der Waals surface area contributed by atoms with Crippen LogP contribution in [0.1, 0.15) is 32.4 Å². The molecule has 1 fully saturated rings. The zero-order chi connectivity index (χ0) is 13.7. The van der Waals surface area contributed by atoms with Gasteiger partial charge in [0.05, 0.1) is 5.69 Å². The molecule has 1 aromatic heterocycles. The molecule has 0 aromatic carbocycles. The molecule has 19 heavy (non-hydrogen) atoms. The van der Waals surface area contributed by atoms with Gasteiger partial charge in [0.1, 0.15) is 0 Å². The molecule has 0 amide bonds. The van der Waals surface area contributed by atoms with E-state index in [1.807, 2.05) is 12.3 Å². The zero-order valence-corrected chi connectivity index (χ0v) is 12.8. The topological polar surface area (TPSA) is 42.2 Å². The minimum atomic E-state index is 0.134. The van der Waals surface area contributed by atoms with Crippen LogP contribution in [0.4, 0.5) is 0 Å². The van der Waals surface area contributed by atoms with Crippen LogP contribution >= 0.6 is 11.8 Å². The highest BCUT2D eigenvalue weighted by molar-refractivity contribution is 8.00. The van der Waals surface area contributed by atoms with E-state index in [0.29, 0.717) is 5.25 Å². The standard InChI is InChI=1S/C15H25N3S/c1-3-18(11-14-7-4-5-9-17-14)15(12-16)8-6-10-19-13(15)2/h4-5,7,9,13H,3,6,8,10-12,16H2,1-2H3. The third-order valence-corrected chi connectivity index (χ3v) is 5.79. The Morgan fingerprint density at radius 1 is 1.53 bits per heavy atom. The Hall–Kier alpha value is -0.580. The lowest BCUT2D eigenvalue weighted by Gasteiger charge is -2.49. The second-order valence-electron chi connectivity index (χ2n) is 5.26. The molecule has 3 nitrogen and oxygen atoms in total. The van der Waals surface area contributed by atoms with Gasteiger partial charge in [-0.2, -0.15) is 11.8 Å². The molecule has 1 aliphatic heterocycles. The van der Waals surface area contributed by atoms with Crippen LogP contribution in [0.25, 0.3) is 0 Å². The number of thioether (sulfide) groups is 1. The van der Waals surface area contributed by atoms with E-state index < -0.39 is 0 Å². The maximum atomic E-state index is 6.18. The van der Waals surface area contributed by atoms with E-state index in [-0.39, 0.29) is 5.54 Å². The quantitative estimate of drug-likeness (QED) is 0.899. The summed E-state index contributed by atoms with van der Waals surface area (Å²) in [5.74, 6) is 1.27. The van der Waals surface area contributed by atoms with Crippen molar-refractivity contribution < 1.29 is 0 Å². The Morgan fingerprint density at radius 3 is 2.95 bits per heavy atom. The zero-order valence-electron chi connectivity index (χ0n) is 12.0. The smallest absolute Gasteiger partial charge is 0.0544 e. The fourth-order valence-corrected chi connectivity index (χ4v) is 4.42. The van der Waals surface area contributed by atoms with Gasteiger partial charge in [-0.25, -0.2) is 0 Å². The average molecular weight is 279 g/mol. The summed E-state index contributed by atoms with van der Waals surface area (Å²) < 4.78 is 0. The lowest BCUT2D eigenvalue weighted by atomic mass is 9.87. The Labute approximate surface area is 121 Å². The Morgan fingerprint density at radius 2 is 2.37 bits per heavy atom. The first kappa shape index (κ1) is 14.8. The summed E-state index contributed by atoms with van der Waals surface area (Å²) in [6.07, 6.45) is 4.35. The molecule has 0 aliphatic carbocycles. The minimum Gasteiger partial charge on any atom is -0.329 e. The highest BCUT2D eigenvalue weighted by atomic mass is 32.2. The van der Waals surface area contributed by atoms with E-state index in [1.165, 1.54) is 18.6 Å². The molecule has 106 valence electrons. The number of rotatable bonds is 5. The first-order valence-electron chi connectivity index (χ1n) is 7.19. The highest BCUT2D eigenvalue weighted by Gasteiger charge is 2.42. The van der Waals surface area contributed by atoms with Crippen molar-refractivity contribution in [1.82, 2.24) is 9.88 Å². The molecule has 2 rings (SSSR count). The summed E-state index contributed by atoms with van der Waals surface area (Å²) in [7, 11) is 0. The van der Waals surface area contributed by atoms with Gasteiger partial charge < -0.3 is 5.73 Å². The summed E-state index contributed by atoms with van der Waals surface area (Å²) in [6.45, 7) is 7.23. The average Bonchev–Trinajstić information content (AvgIpc) is 2.47. The third-order valence-electron chi connectivity index (χ3n) is 4.32. The number of aromatic nitrogens is 1. The van der Waals surface area contributed by atoms with Gasteiger partial charge in [-0.1, -0.05) is 19.9 Å². The number of nitrogens with two attached hydrogens (primary N) is 1. The Kier molecular flexibility index (Phi) is 5.25. The van der Waals surface area contributed by atoms with Gasteiger partial charge in [-0.3, -0.25) is 9.88 Å². The SMILES string of the molecule is CCN(Cc1ccccn1)C1(CN)CCCSC1C. The van der Waals surface area contributed by atoms with Crippen molar-refractivity contribution in [2.45, 2.75) is 44.0 Å². The van der Waals surface area contributed by atoms with E-state index in [9.17, 15) is 0 Å². The molecule has 4 heteroatoms. The van der Waals surface area contributed by atoms with Gasteiger partial charge in [0.15, 0.2) is 0 Å². The lowest BCUT2D eigenvalue weighted by molar-refractivity contribution is 0.0783. The minimum absolute atomic E-state index is 0.134. The normalized spacial score (nSPS) is 27.7. The molecule has 0 bridgehead atoms. The first-order chi connectivity index (χ1) is 9.23. The summed E-state index contributed by atoms with van der Waals surface area (Å²) in [6, 6.07) is 6.13. The molecule has 1 aromatic rings. The largest absolute Gasteiger partial charge is 0.329 e.